The molecular formula is C12H23N. The van der Waals surface area contributed by atoms with Crippen LogP contribution in [0.25, 0.3) is 0 Å². The molecule has 0 aromatic carbocycles. The van der Waals surface area contributed by atoms with Crippen molar-refractivity contribution in [3.8, 4) is 0 Å². The Morgan fingerprint density at radius 2 is 2.00 bits per heavy atom. The van der Waals surface area contributed by atoms with E-state index in [2.05, 4.69) is 11.9 Å². The molecule has 1 heterocycles. The van der Waals surface area contributed by atoms with E-state index in [0.29, 0.717) is 0 Å². The van der Waals surface area contributed by atoms with Crippen molar-refractivity contribution >= 4 is 5.71 Å². The van der Waals surface area contributed by atoms with Gasteiger partial charge in [-0.1, -0.05) is 32.6 Å². The summed E-state index contributed by atoms with van der Waals surface area (Å²) in [6.07, 6.45) is 12.2. The minimum absolute atomic E-state index is 1.10. The zero-order valence-electron chi connectivity index (χ0n) is 9.02. The van der Waals surface area contributed by atoms with Gasteiger partial charge in [-0.05, 0) is 32.1 Å². The second kappa shape index (κ2) is 7.11. The first-order chi connectivity index (χ1) is 6.43. The molecule has 0 N–H and O–H groups in total. The molecule has 0 aliphatic carbocycles. The summed E-state index contributed by atoms with van der Waals surface area (Å²) < 4.78 is 0. The van der Waals surface area contributed by atoms with Gasteiger partial charge in [0.1, 0.15) is 0 Å². The maximum absolute atomic E-state index is 4.64. The molecule has 0 unspecified atom stereocenters. The van der Waals surface area contributed by atoms with E-state index in [1.54, 1.807) is 0 Å². The fourth-order valence-electron chi connectivity index (χ4n) is 1.89. The summed E-state index contributed by atoms with van der Waals surface area (Å²) in [5.74, 6) is 0. The van der Waals surface area contributed by atoms with Crippen LogP contribution in [0.5, 0.6) is 0 Å². The Kier molecular flexibility index (Phi) is 5.88. The van der Waals surface area contributed by atoms with Gasteiger partial charge in [-0.3, -0.25) is 4.99 Å². The van der Waals surface area contributed by atoms with E-state index in [1.807, 2.05) is 0 Å². The Labute approximate surface area is 82.6 Å². The summed E-state index contributed by atoms with van der Waals surface area (Å²) in [4.78, 5) is 4.64. The summed E-state index contributed by atoms with van der Waals surface area (Å²) >= 11 is 0. The highest BCUT2D eigenvalue weighted by Crippen LogP contribution is 2.12. The van der Waals surface area contributed by atoms with Crippen molar-refractivity contribution < 1.29 is 0 Å². The van der Waals surface area contributed by atoms with Crippen LogP contribution in [0.15, 0.2) is 4.99 Å². The van der Waals surface area contributed by atoms with E-state index < -0.39 is 0 Å². The quantitative estimate of drug-likeness (QED) is 0.569. The maximum Gasteiger partial charge on any atom is 0.0388 e. The molecular weight excluding hydrogens is 158 g/mol. The zero-order chi connectivity index (χ0) is 9.36. The van der Waals surface area contributed by atoms with E-state index in [0.717, 1.165) is 6.54 Å². The van der Waals surface area contributed by atoms with Crippen LogP contribution in [0.2, 0.25) is 0 Å². The number of hydrogen-bond donors (Lipinski definition) is 0. The van der Waals surface area contributed by atoms with E-state index in [1.165, 1.54) is 63.5 Å². The first kappa shape index (κ1) is 10.7. The van der Waals surface area contributed by atoms with Gasteiger partial charge < -0.3 is 0 Å². The van der Waals surface area contributed by atoms with Crippen LogP contribution >= 0.6 is 0 Å². The van der Waals surface area contributed by atoms with Crippen LogP contribution in [0, 0.1) is 0 Å². The Morgan fingerprint density at radius 3 is 2.85 bits per heavy atom. The lowest BCUT2D eigenvalue weighted by molar-refractivity contribution is 0.677. The SMILES string of the molecule is CCCCCCC1=NCCCCC1. The molecule has 1 rings (SSSR count). The molecule has 1 heteroatoms. The summed E-state index contributed by atoms with van der Waals surface area (Å²) in [6.45, 7) is 3.37. The topological polar surface area (TPSA) is 12.4 Å². The molecule has 0 bridgehead atoms. The van der Waals surface area contributed by atoms with Crippen LogP contribution in [0.1, 0.15) is 64.7 Å². The number of rotatable bonds is 5. The van der Waals surface area contributed by atoms with Gasteiger partial charge in [0.2, 0.25) is 0 Å². The van der Waals surface area contributed by atoms with Gasteiger partial charge in [0, 0.05) is 12.3 Å². The average molecular weight is 181 g/mol. The molecule has 0 spiro atoms. The van der Waals surface area contributed by atoms with Crippen molar-refractivity contribution in [1.29, 1.82) is 0 Å². The van der Waals surface area contributed by atoms with Gasteiger partial charge in [0.15, 0.2) is 0 Å². The van der Waals surface area contributed by atoms with Crippen LogP contribution in [0.3, 0.4) is 0 Å². The van der Waals surface area contributed by atoms with Crippen molar-refractivity contribution in [1.82, 2.24) is 0 Å². The third-order valence-corrected chi connectivity index (χ3v) is 2.78. The largest absolute Gasteiger partial charge is 0.294 e. The summed E-state index contributed by atoms with van der Waals surface area (Å²) in [5, 5.41) is 0. The van der Waals surface area contributed by atoms with Crippen LogP contribution < -0.4 is 0 Å². The smallest absolute Gasteiger partial charge is 0.0388 e. The minimum Gasteiger partial charge on any atom is -0.294 e. The van der Waals surface area contributed by atoms with Crippen molar-refractivity contribution in [2.45, 2.75) is 64.7 Å². The molecule has 13 heavy (non-hydrogen) atoms. The first-order valence-corrected chi connectivity index (χ1v) is 5.95. The Balaban J connectivity index is 2.08. The van der Waals surface area contributed by atoms with Gasteiger partial charge >= 0.3 is 0 Å². The Morgan fingerprint density at radius 1 is 1.08 bits per heavy atom. The fourth-order valence-corrected chi connectivity index (χ4v) is 1.89. The standard InChI is InChI=1S/C12H23N/c1-2-3-4-6-9-12-10-7-5-8-11-13-12/h2-11H2,1H3. The van der Waals surface area contributed by atoms with E-state index >= 15 is 0 Å². The molecule has 0 radical (unpaired) electrons. The number of hydrogen-bond acceptors (Lipinski definition) is 1. The minimum atomic E-state index is 1.10. The predicted octanol–water partition coefficient (Wildman–Crippen LogP) is 3.97. The lowest BCUT2D eigenvalue weighted by Gasteiger charge is -2.02. The van der Waals surface area contributed by atoms with Gasteiger partial charge in [-0.15, -0.1) is 0 Å². The third kappa shape index (κ3) is 5.07. The van der Waals surface area contributed by atoms with Crippen LogP contribution in [-0.2, 0) is 0 Å². The maximum atomic E-state index is 4.64. The van der Waals surface area contributed by atoms with Crippen LogP contribution in [0.4, 0.5) is 0 Å². The normalized spacial score (nSPS) is 18.1. The monoisotopic (exact) mass is 181 g/mol. The molecule has 1 aliphatic heterocycles. The number of aliphatic imine (C=N–C) groups is 1. The van der Waals surface area contributed by atoms with Gasteiger partial charge in [0.05, 0.1) is 0 Å². The Hall–Kier alpha value is -0.330. The summed E-state index contributed by atoms with van der Waals surface area (Å²) in [7, 11) is 0. The lowest BCUT2D eigenvalue weighted by Crippen LogP contribution is -1.97. The summed E-state index contributed by atoms with van der Waals surface area (Å²) in [6, 6.07) is 0. The second-order valence-electron chi connectivity index (χ2n) is 4.07. The molecule has 1 aliphatic rings. The molecule has 76 valence electrons. The molecule has 0 atom stereocenters. The van der Waals surface area contributed by atoms with E-state index in [9.17, 15) is 0 Å². The van der Waals surface area contributed by atoms with Crippen molar-refractivity contribution in [3.63, 3.8) is 0 Å². The number of nitrogens with zero attached hydrogens (tertiary/aromatic N) is 1. The van der Waals surface area contributed by atoms with E-state index in [-0.39, 0.29) is 0 Å². The highest BCUT2D eigenvalue weighted by molar-refractivity contribution is 5.84. The zero-order valence-corrected chi connectivity index (χ0v) is 9.02. The second-order valence-corrected chi connectivity index (χ2v) is 4.07. The van der Waals surface area contributed by atoms with Crippen molar-refractivity contribution in [3.05, 3.63) is 0 Å². The third-order valence-electron chi connectivity index (χ3n) is 2.78. The van der Waals surface area contributed by atoms with Crippen LogP contribution in [-0.4, -0.2) is 12.3 Å². The molecule has 0 saturated heterocycles. The summed E-state index contributed by atoms with van der Waals surface area (Å²) in [5.41, 5.74) is 1.51. The lowest BCUT2D eigenvalue weighted by atomic mass is 10.1. The molecule has 1 nitrogen and oxygen atoms in total. The predicted molar refractivity (Wildman–Crippen MR) is 59.5 cm³/mol. The van der Waals surface area contributed by atoms with Crippen molar-refractivity contribution in [2.75, 3.05) is 6.54 Å². The number of unbranched alkanes of at least 4 members (excludes halogenated alkanes) is 3. The van der Waals surface area contributed by atoms with E-state index in [4.69, 9.17) is 0 Å². The highest BCUT2D eigenvalue weighted by atomic mass is 14.7. The molecule has 0 aromatic heterocycles. The first-order valence-electron chi connectivity index (χ1n) is 5.95. The highest BCUT2D eigenvalue weighted by Gasteiger charge is 2.03. The Bertz CT molecular complexity index is 149. The average Bonchev–Trinajstić information content (AvgIpc) is 2.41. The molecule has 0 amide bonds. The van der Waals surface area contributed by atoms with Gasteiger partial charge in [0.25, 0.3) is 0 Å². The fraction of sp³-hybridized carbons (Fsp3) is 0.917. The molecule has 0 aromatic rings. The molecule has 0 fully saturated rings. The van der Waals surface area contributed by atoms with Gasteiger partial charge in [-0.2, -0.15) is 0 Å². The van der Waals surface area contributed by atoms with Gasteiger partial charge in [-0.25, -0.2) is 0 Å². The molecule has 0 saturated carbocycles. The van der Waals surface area contributed by atoms with Crippen molar-refractivity contribution in [2.24, 2.45) is 4.99 Å².